The molecule has 1 heterocycles. The first kappa shape index (κ1) is 16.3. The number of hydrogen-bond donors (Lipinski definition) is 1. The van der Waals surface area contributed by atoms with Crippen LogP contribution in [0.2, 0.25) is 10.0 Å². The number of nitrogens with one attached hydrogen (secondary N) is 1. The van der Waals surface area contributed by atoms with E-state index in [0.29, 0.717) is 0 Å². The molecular weight excluding hydrogens is 333 g/mol. The Morgan fingerprint density at radius 3 is 2.29 bits per heavy atom. The van der Waals surface area contributed by atoms with Crippen molar-refractivity contribution in [2.24, 2.45) is 0 Å². The van der Waals surface area contributed by atoms with Gasteiger partial charge in [-0.2, -0.15) is 9.40 Å². The molecule has 0 aliphatic heterocycles. The van der Waals surface area contributed by atoms with Crippen LogP contribution in [0.4, 0.5) is 0 Å². The zero-order chi connectivity index (χ0) is 15.8. The molecule has 0 fully saturated rings. The first-order valence-corrected chi connectivity index (χ1v) is 8.35. The molecule has 0 amide bonds. The van der Waals surface area contributed by atoms with Crippen LogP contribution in [-0.4, -0.2) is 30.0 Å². The van der Waals surface area contributed by atoms with Crippen molar-refractivity contribution >= 4 is 33.2 Å². The van der Waals surface area contributed by atoms with Crippen LogP contribution in [0.5, 0.6) is 0 Å². The predicted molar refractivity (Wildman–Crippen MR) is 83.2 cm³/mol. The van der Waals surface area contributed by atoms with Gasteiger partial charge in [-0.3, -0.25) is 5.10 Å². The standard InChI is InChI=1S/C13H15Cl2N3O2S/c1-8-10(9(2)17-16-8)7-18(3)21(19,20)13-11(14)5-4-6-12(13)15/h4-6H,7H2,1-3H3,(H,16,17). The van der Waals surface area contributed by atoms with Crippen molar-refractivity contribution in [1.29, 1.82) is 0 Å². The number of aryl methyl sites for hydroxylation is 2. The van der Waals surface area contributed by atoms with Crippen molar-refractivity contribution < 1.29 is 8.42 Å². The van der Waals surface area contributed by atoms with Crippen LogP contribution >= 0.6 is 23.2 Å². The van der Waals surface area contributed by atoms with Crippen LogP contribution in [0, 0.1) is 13.8 Å². The summed E-state index contributed by atoms with van der Waals surface area (Å²) >= 11 is 12.0. The van der Waals surface area contributed by atoms with Crippen molar-refractivity contribution in [2.75, 3.05) is 7.05 Å². The molecular formula is C13H15Cl2N3O2S. The molecule has 0 saturated carbocycles. The van der Waals surface area contributed by atoms with Gasteiger partial charge in [-0.1, -0.05) is 29.3 Å². The van der Waals surface area contributed by atoms with E-state index in [-0.39, 0.29) is 21.5 Å². The molecule has 2 rings (SSSR count). The second-order valence-corrected chi connectivity index (χ2v) is 7.52. The van der Waals surface area contributed by atoms with Crippen molar-refractivity contribution in [3.05, 3.63) is 45.2 Å². The molecule has 2 aromatic rings. The highest BCUT2D eigenvalue weighted by molar-refractivity contribution is 7.89. The summed E-state index contributed by atoms with van der Waals surface area (Å²) in [4.78, 5) is -0.0744. The molecule has 5 nitrogen and oxygen atoms in total. The molecule has 0 bridgehead atoms. The number of hydrogen-bond acceptors (Lipinski definition) is 3. The molecule has 0 radical (unpaired) electrons. The summed E-state index contributed by atoms with van der Waals surface area (Å²) < 4.78 is 26.5. The van der Waals surface area contributed by atoms with Crippen LogP contribution in [0.25, 0.3) is 0 Å². The van der Waals surface area contributed by atoms with Gasteiger partial charge in [0.1, 0.15) is 4.90 Å². The second kappa shape index (κ2) is 5.96. The summed E-state index contributed by atoms with van der Waals surface area (Å²) in [5, 5.41) is 7.11. The normalized spacial score (nSPS) is 12.1. The Bertz CT molecular complexity index is 732. The van der Waals surface area contributed by atoms with Gasteiger partial charge in [0.05, 0.1) is 15.7 Å². The first-order valence-electron chi connectivity index (χ1n) is 6.16. The number of sulfonamides is 1. The van der Waals surface area contributed by atoms with Gasteiger partial charge in [-0.05, 0) is 26.0 Å². The summed E-state index contributed by atoms with van der Waals surface area (Å²) in [6, 6.07) is 4.61. The Kier molecular flexibility index (Phi) is 4.63. The number of nitrogens with zero attached hydrogens (tertiary/aromatic N) is 2. The Morgan fingerprint density at radius 1 is 1.24 bits per heavy atom. The minimum atomic E-state index is -3.78. The van der Waals surface area contributed by atoms with Gasteiger partial charge in [0.2, 0.25) is 10.0 Å². The first-order chi connectivity index (χ1) is 9.75. The minimum Gasteiger partial charge on any atom is -0.282 e. The van der Waals surface area contributed by atoms with E-state index in [1.165, 1.54) is 23.5 Å². The Hall–Kier alpha value is -1.08. The third-order valence-electron chi connectivity index (χ3n) is 3.25. The molecule has 1 N–H and O–H groups in total. The molecule has 114 valence electrons. The predicted octanol–water partition coefficient (Wildman–Crippen LogP) is 3.15. The maximum Gasteiger partial charge on any atom is 0.246 e. The van der Waals surface area contributed by atoms with E-state index < -0.39 is 10.0 Å². The highest BCUT2D eigenvalue weighted by Crippen LogP contribution is 2.31. The summed E-state index contributed by atoms with van der Waals surface area (Å²) in [7, 11) is -2.30. The molecule has 0 aliphatic carbocycles. The summed E-state index contributed by atoms with van der Waals surface area (Å²) in [6.07, 6.45) is 0. The fraction of sp³-hybridized carbons (Fsp3) is 0.308. The topological polar surface area (TPSA) is 66.1 Å². The van der Waals surface area contributed by atoms with Crippen molar-refractivity contribution in [3.63, 3.8) is 0 Å². The lowest BCUT2D eigenvalue weighted by Crippen LogP contribution is -2.27. The molecule has 21 heavy (non-hydrogen) atoms. The quantitative estimate of drug-likeness (QED) is 0.923. The molecule has 0 spiro atoms. The largest absolute Gasteiger partial charge is 0.282 e. The molecule has 1 aromatic carbocycles. The number of aromatic nitrogens is 2. The van der Waals surface area contributed by atoms with E-state index in [0.717, 1.165) is 17.0 Å². The zero-order valence-corrected chi connectivity index (χ0v) is 14.1. The number of halogens is 2. The summed E-state index contributed by atoms with van der Waals surface area (Å²) in [5.74, 6) is 0. The molecule has 8 heteroatoms. The van der Waals surface area contributed by atoms with Gasteiger partial charge in [0, 0.05) is 24.8 Å². The monoisotopic (exact) mass is 347 g/mol. The van der Waals surface area contributed by atoms with Crippen LogP contribution in [0.15, 0.2) is 23.1 Å². The van der Waals surface area contributed by atoms with Crippen molar-refractivity contribution in [2.45, 2.75) is 25.3 Å². The van der Waals surface area contributed by atoms with Crippen molar-refractivity contribution in [1.82, 2.24) is 14.5 Å². The maximum atomic E-state index is 12.6. The van der Waals surface area contributed by atoms with Gasteiger partial charge < -0.3 is 0 Å². The van der Waals surface area contributed by atoms with Gasteiger partial charge in [0.25, 0.3) is 0 Å². The summed E-state index contributed by atoms with van der Waals surface area (Å²) in [6.45, 7) is 3.86. The highest BCUT2D eigenvalue weighted by atomic mass is 35.5. The van der Waals surface area contributed by atoms with Gasteiger partial charge >= 0.3 is 0 Å². The third kappa shape index (κ3) is 3.08. The number of H-pyrrole nitrogens is 1. The maximum absolute atomic E-state index is 12.6. The van der Waals surface area contributed by atoms with Crippen molar-refractivity contribution in [3.8, 4) is 0 Å². The number of rotatable bonds is 4. The fourth-order valence-corrected chi connectivity index (χ4v) is 4.22. The van der Waals surface area contributed by atoms with Crippen LogP contribution in [0.3, 0.4) is 0 Å². The van der Waals surface area contributed by atoms with E-state index in [1.807, 2.05) is 13.8 Å². The lowest BCUT2D eigenvalue weighted by molar-refractivity contribution is 0.465. The van der Waals surface area contributed by atoms with Gasteiger partial charge in [-0.15, -0.1) is 0 Å². The van der Waals surface area contributed by atoms with E-state index >= 15 is 0 Å². The lowest BCUT2D eigenvalue weighted by Gasteiger charge is -2.19. The smallest absolute Gasteiger partial charge is 0.246 e. The molecule has 0 aliphatic rings. The molecule has 0 atom stereocenters. The molecule has 0 unspecified atom stereocenters. The number of aromatic amines is 1. The third-order valence-corrected chi connectivity index (χ3v) is 6.01. The average Bonchev–Trinajstić information content (AvgIpc) is 2.70. The van der Waals surface area contributed by atoms with Gasteiger partial charge in [-0.25, -0.2) is 8.42 Å². The van der Waals surface area contributed by atoms with Gasteiger partial charge in [0.15, 0.2) is 0 Å². The summed E-state index contributed by atoms with van der Waals surface area (Å²) in [5.41, 5.74) is 2.43. The lowest BCUT2D eigenvalue weighted by atomic mass is 10.2. The van der Waals surface area contributed by atoms with E-state index in [2.05, 4.69) is 10.2 Å². The minimum absolute atomic E-state index is 0.0744. The highest BCUT2D eigenvalue weighted by Gasteiger charge is 2.27. The zero-order valence-electron chi connectivity index (χ0n) is 11.8. The van der Waals surface area contributed by atoms with E-state index in [4.69, 9.17) is 23.2 Å². The molecule has 0 saturated heterocycles. The molecule has 1 aromatic heterocycles. The second-order valence-electron chi connectivity index (χ2n) is 4.72. The van der Waals surface area contributed by atoms with Crippen LogP contribution in [-0.2, 0) is 16.6 Å². The average molecular weight is 348 g/mol. The SMILES string of the molecule is Cc1n[nH]c(C)c1CN(C)S(=O)(=O)c1c(Cl)cccc1Cl. The Balaban J connectivity index is 2.40. The van der Waals surface area contributed by atoms with Crippen LogP contribution in [0.1, 0.15) is 17.0 Å². The van der Waals surface area contributed by atoms with E-state index in [1.54, 1.807) is 6.07 Å². The van der Waals surface area contributed by atoms with Crippen LogP contribution < -0.4 is 0 Å². The van der Waals surface area contributed by atoms with E-state index in [9.17, 15) is 8.42 Å². The number of benzene rings is 1. The Labute approximate surface area is 133 Å². The Morgan fingerprint density at radius 2 is 1.81 bits per heavy atom. The fourth-order valence-electron chi connectivity index (χ4n) is 2.00.